The highest BCUT2D eigenvalue weighted by molar-refractivity contribution is 5.92. The Morgan fingerprint density at radius 1 is 1.11 bits per heavy atom. The third kappa shape index (κ3) is 5.32. The second-order valence-electron chi connectivity index (χ2n) is 6.44. The molecule has 1 fully saturated rings. The Morgan fingerprint density at radius 3 is 2.50 bits per heavy atom. The lowest BCUT2D eigenvalue weighted by molar-refractivity contribution is 0.0942. The third-order valence-electron chi connectivity index (χ3n) is 4.69. The number of carbonyl (C=O) groups is 1. The molecule has 0 bridgehead atoms. The molecule has 2 aromatic rings. The molecular weight excluding hydrogens is 358 g/mol. The summed E-state index contributed by atoms with van der Waals surface area (Å²) in [6.07, 6.45) is 1.64. The quantitative estimate of drug-likeness (QED) is 0.689. The number of nitrogens with one attached hydrogen (secondary N) is 1. The van der Waals surface area contributed by atoms with Gasteiger partial charge in [0.25, 0.3) is 5.91 Å². The van der Waals surface area contributed by atoms with E-state index in [2.05, 4.69) is 32.0 Å². The molecule has 8 nitrogen and oxygen atoms in total. The molecule has 3 rings (SSSR count). The molecule has 1 aliphatic rings. The number of rotatable bonds is 8. The van der Waals surface area contributed by atoms with Gasteiger partial charge in [0.05, 0.1) is 13.7 Å². The first-order chi connectivity index (χ1) is 13.7. The fourth-order valence-corrected chi connectivity index (χ4v) is 2.99. The number of hydrogen-bond donors (Lipinski definition) is 1. The highest BCUT2D eigenvalue weighted by atomic mass is 16.5. The zero-order valence-corrected chi connectivity index (χ0v) is 16.4. The Balaban J connectivity index is 1.46. The van der Waals surface area contributed by atoms with Gasteiger partial charge in [0.1, 0.15) is 23.8 Å². The molecule has 8 heteroatoms. The second kappa shape index (κ2) is 9.89. The summed E-state index contributed by atoms with van der Waals surface area (Å²) in [7, 11) is 1.62. The first-order valence-corrected chi connectivity index (χ1v) is 9.55. The molecule has 0 atom stereocenters. The van der Waals surface area contributed by atoms with Crippen molar-refractivity contribution in [2.45, 2.75) is 6.92 Å². The highest BCUT2D eigenvalue weighted by Crippen LogP contribution is 2.16. The van der Waals surface area contributed by atoms with E-state index in [1.54, 1.807) is 19.4 Å². The van der Waals surface area contributed by atoms with Gasteiger partial charge in [0, 0.05) is 32.4 Å². The van der Waals surface area contributed by atoms with Crippen LogP contribution in [0, 0.1) is 0 Å². The zero-order chi connectivity index (χ0) is 19.8. The summed E-state index contributed by atoms with van der Waals surface area (Å²) in [5, 5.41) is 2.83. The van der Waals surface area contributed by atoms with Gasteiger partial charge in [-0.25, -0.2) is 9.97 Å². The largest absolute Gasteiger partial charge is 0.497 e. The molecule has 0 spiro atoms. The van der Waals surface area contributed by atoms with E-state index in [1.807, 2.05) is 24.3 Å². The summed E-state index contributed by atoms with van der Waals surface area (Å²) in [6.45, 7) is 7.68. The van der Waals surface area contributed by atoms with Gasteiger partial charge in [0.2, 0.25) is 5.95 Å². The van der Waals surface area contributed by atoms with Crippen LogP contribution in [0.3, 0.4) is 0 Å². The van der Waals surface area contributed by atoms with E-state index >= 15 is 0 Å². The van der Waals surface area contributed by atoms with Crippen LogP contribution >= 0.6 is 0 Å². The third-order valence-corrected chi connectivity index (χ3v) is 4.69. The summed E-state index contributed by atoms with van der Waals surface area (Å²) in [5.74, 6) is 1.88. The number of ether oxygens (including phenoxy) is 2. The van der Waals surface area contributed by atoms with Crippen LogP contribution in [-0.2, 0) is 0 Å². The van der Waals surface area contributed by atoms with Crippen molar-refractivity contribution < 1.29 is 14.3 Å². The Kier molecular flexibility index (Phi) is 7.02. The predicted molar refractivity (Wildman–Crippen MR) is 107 cm³/mol. The fourth-order valence-electron chi connectivity index (χ4n) is 2.99. The maximum absolute atomic E-state index is 12.4. The minimum absolute atomic E-state index is 0.228. The predicted octanol–water partition coefficient (Wildman–Crippen LogP) is 1.44. The van der Waals surface area contributed by atoms with E-state index in [1.165, 1.54) is 0 Å². The molecule has 0 saturated carbocycles. The number of nitrogens with zero attached hydrogens (tertiary/aromatic N) is 4. The van der Waals surface area contributed by atoms with E-state index in [0.29, 0.717) is 24.8 Å². The summed E-state index contributed by atoms with van der Waals surface area (Å²) in [5.41, 5.74) is 0.368. The monoisotopic (exact) mass is 385 g/mol. The van der Waals surface area contributed by atoms with Gasteiger partial charge in [0.15, 0.2) is 0 Å². The zero-order valence-electron chi connectivity index (χ0n) is 16.4. The van der Waals surface area contributed by atoms with Crippen LogP contribution < -0.4 is 19.7 Å². The molecule has 2 heterocycles. The van der Waals surface area contributed by atoms with Gasteiger partial charge >= 0.3 is 0 Å². The van der Waals surface area contributed by atoms with Crippen molar-refractivity contribution in [3.8, 4) is 11.5 Å². The summed E-state index contributed by atoms with van der Waals surface area (Å²) in [4.78, 5) is 25.6. The number of aromatic nitrogens is 2. The van der Waals surface area contributed by atoms with Crippen molar-refractivity contribution in [2.75, 3.05) is 57.9 Å². The molecule has 150 valence electrons. The molecule has 1 saturated heterocycles. The van der Waals surface area contributed by atoms with Crippen molar-refractivity contribution in [3.05, 3.63) is 42.2 Å². The highest BCUT2D eigenvalue weighted by Gasteiger charge is 2.19. The SMILES string of the molecule is CCN1CCN(c2nccc(C(=O)NCCOc3ccc(OC)cc3)n2)CC1. The average Bonchev–Trinajstić information content (AvgIpc) is 2.77. The van der Waals surface area contributed by atoms with Crippen LogP contribution in [0.4, 0.5) is 5.95 Å². The van der Waals surface area contributed by atoms with E-state index in [0.717, 1.165) is 44.2 Å². The van der Waals surface area contributed by atoms with E-state index < -0.39 is 0 Å². The number of benzene rings is 1. The second-order valence-corrected chi connectivity index (χ2v) is 6.44. The van der Waals surface area contributed by atoms with Gasteiger partial charge in [-0.15, -0.1) is 0 Å². The smallest absolute Gasteiger partial charge is 0.270 e. The van der Waals surface area contributed by atoms with Crippen molar-refractivity contribution >= 4 is 11.9 Å². The maximum atomic E-state index is 12.4. The maximum Gasteiger partial charge on any atom is 0.270 e. The lowest BCUT2D eigenvalue weighted by atomic mass is 10.3. The Morgan fingerprint density at radius 2 is 1.82 bits per heavy atom. The number of hydrogen-bond acceptors (Lipinski definition) is 7. The first-order valence-electron chi connectivity index (χ1n) is 9.55. The first kappa shape index (κ1) is 19.9. The number of anilines is 1. The molecular formula is C20H27N5O3. The fraction of sp³-hybridized carbons (Fsp3) is 0.450. The van der Waals surface area contributed by atoms with E-state index in [9.17, 15) is 4.79 Å². The Hall–Kier alpha value is -2.87. The molecule has 1 N–H and O–H groups in total. The van der Waals surface area contributed by atoms with E-state index in [4.69, 9.17) is 9.47 Å². The molecule has 28 heavy (non-hydrogen) atoms. The molecule has 0 aliphatic carbocycles. The lowest BCUT2D eigenvalue weighted by Gasteiger charge is -2.34. The molecule has 1 aromatic carbocycles. The average molecular weight is 385 g/mol. The number of piperazine rings is 1. The summed E-state index contributed by atoms with van der Waals surface area (Å²) in [6, 6.07) is 8.95. The van der Waals surface area contributed by atoms with Crippen LogP contribution in [0.2, 0.25) is 0 Å². The minimum Gasteiger partial charge on any atom is -0.497 e. The van der Waals surface area contributed by atoms with Crippen LogP contribution in [0.15, 0.2) is 36.5 Å². The normalized spacial score (nSPS) is 14.6. The number of carbonyl (C=O) groups excluding carboxylic acids is 1. The van der Waals surface area contributed by atoms with Gasteiger partial charge in [-0.1, -0.05) is 6.92 Å². The molecule has 0 radical (unpaired) electrons. The summed E-state index contributed by atoms with van der Waals surface area (Å²) >= 11 is 0. The van der Waals surface area contributed by atoms with Crippen LogP contribution in [-0.4, -0.2) is 73.8 Å². The van der Waals surface area contributed by atoms with Gasteiger partial charge in [-0.3, -0.25) is 4.79 Å². The minimum atomic E-state index is -0.228. The van der Waals surface area contributed by atoms with Gasteiger partial charge < -0.3 is 24.6 Å². The number of likely N-dealkylation sites (N-methyl/N-ethyl adjacent to an activating group) is 1. The van der Waals surface area contributed by atoms with E-state index in [-0.39, 0.29) is 5.91 Å². The lowest BCUT2D eigenvalue weighted by Crippen LogP contribution is -2.46. The molecule has 1 amide bonds. The van der Waals surface area contributed by atoms with Crippen molar-refractivity contribution in [1.82, 2.24) is 20.2 Å². The van der Waals surface area contributed by atoms with Crippen molar-refractivity contribution in [1.29, 1.82) is 0 Å². The molecule has 1 aromatic heterocycles. The standard InChI is InChI=1S/C20H27N5O3/c1-3-24-11-13-25(14-12-24)20-22-9-8-18(23-20)19(26)21-10-15-28-17-6-4-16(27-2)5-7-17/h4-9H,3,10-15H2,1-2H3,(H,21,26). The molecule has 0 unspecified atom stereocenters. The van der Waals surface area contributed by atoms with Gasteiger partial charge in [-0.2, -0.15) is 0 Å². The van der Waals surface area contributed by atoms with Crippen molar-refractivity contribution in [2.24, 2.45) is 0 Å². The molecule has 1 aliphatic heterocycles. The Bertz CT molecular complexity index is 761. The van der Waals surface area contributed by atoms with Crippen LogP contribution in [0.5, 0.6) is 11.5 Å². The Labute approximate surface area is 165 Å². The topological polar surface area (TPSA) is 79.8 Å². The van der Waals surface area contributed by atoms with Crippen molar-refractivity contribution in [3.63, 3.8) is 0 Å². The summed E-state index contributed by atoms with van der Waals surface area (Å²) < 4.78 is 10.7. The van der Waals surface area contributed by atoms with Crippen LogP contribution in [0.1, 0.15) is 17.4 Å². The number of methoxy groups -OCH3 is 1. The van der Waals surface area contributed by atoms with Crippen LogP contribution in [0.25, 0.3) is 0 Å². The number of amides is 1. The van der Waals surface area contributed by atoms with Gasteiger partial charge in [-0.05, 0) is 36.9 Å².